The van der Waals surface area contributed by atoms with Gasteiger partial charge in [0.05, 0.1) is 17.1 Å². The number of allylic oxidation sites excluding steroid dienone is 2. The van der Waals surface area contributed by atoms with Crippen LogP contribution in [0.3, 0.4) is 0 Å². The third-order valence-corrected chi connectivity index (χ3v) is 6.02. The summed E-state index contributed by atoms with van der Waals surface area (Å²) < 4.78 is 2.19. The first-order valence-corrected chi connectivity index (χ1v) is 10.1. The Morgan fingerprint density at radius 2 is 1.92 bits per heavy atom. The Kier molecular flexibility index (Phi) is 3.64. The quantitative estimate of drug-likeness (QED) is 0.667. The van der Waals surface area contributed by atoms with E-state index in [2.05, 4.69) is 46.5 Å². The fraction of sp³-hybridized carbons (Fsp3) is 0.238. The van der Waals surface area contributed by atoms with Crippen molar-refractivity contribution in [3.05, 3.63) is 65.4 Å². The van der Waals surface area contributed by atoms with Gasteiger partial charge >= 0.3 is 0 Å². The molecule has 0 fully saturated rings. The Morgan fingerprint density at radius 1 is 1.12 bits per heavy atom. The SMILES string of the molecule is CSc1ccc([C@@H]2C3=C(CCCC3=O)Nc3nc4ccccc4n32)cc1. The van der Waals surface area contributed by atoms with E-state index < -0.39 is 0 Å². The van der Waals surface area contributed by atoms with Crippen molar-refractivity contribution in [2.75, 3.05) is 11.6 Å². The number of rotatable bonds is 2. The average Bonchev–Trinajstić information content (AvgIpc) is 3.05. The maximum absolute atomic E-state index is 12.9. The average molecular weight is 361 g/mol. The molecule has 26 heavy (non-hydrogen) atoms. The smallest absolute Gasteiger partial charge is 0.209 e. The molecule has 2 aromatic carbocycles. The summed E-state index contributed by atoms with van der Waals surface area (Å²) in [6.45, 7) is 0. The maximum atomic E-state index is 12.9. The Bertz CT molecular complexity index is 1050. The molecule has 0 radical (unpaired) electrons. The number of fused-ring (bicyclic) bond motifs is 3. The maximum Gasteiger partial charge on any atom is 0.209 e. The van der Waals surface area contributed by atoms with Crippen LogP contribution in [0.1, 0.15) is 30.9 Å². The number of hydrogen-bond acceptors (Lipinski definition) is 4. The number of Topliss-reactive ketones (excluding diaryl/α,β-unsaturated/α-hetero) is 1. The van der Waals surface area contributed by atoms with E-state index in [1.54, 1.807) is 11.8 Å². The summed E-state index contributed by atoms with van der Waals surface area (Å²) in [5, 5.41) is 3.45. The molecule has 0 amide bonds. The number of thioether (sulfide) groups is 1. The molecule has 1 aromatic heterocycles. The van der Waals surface area contributed by atoms with Crippen LogP contribution >= 0.6 is 11.8 Å². The van der Waals surface area contributed by atoms with Gasteiger partial charge in [0.15, 0.2) is 5.78 Å². The lowest BCUT2D eigenvalue weighted by Crippen LogP contribution is -2.30. The molecular formula is C21H19N3OS. The number of carbonyl (C=O) groups is 1. The van der Waals surface area contributed by atoms with Gasteiger partial charge in [-0.25, -0.2) is 4.98 Å². The summed E-state index contributed by atoms with van der Waals surface area (Å²) in [5.74, 6) is 1.08. The first kappa shape index (κ1) is 15.7. The second-order valence-corrected chi connectivity index (χ2v) is 7.64. The Labute approximate surface area is 156 Å². The molecule has 0 unspecified atom stereocenters. The second kappa shape index (κ2) is 6.02. The number of aromatic nitrogens is 2. The molecule has 4 nitrogen and oxygen atoms in total. The van der Waals surface area contributed by atoms with Gasteiger partial charge in [-0.1, -0.05) is 24.3 Å². The predicted octanol–water partition coefficient (Wildman–Crippen LogP) is 4.78. The van der Waals surface area contributed by atoms with E-state index in [4.69, 9.17) is 4.98 Å². The van der Waals surface area contributed by atoms with Crippen molar-refractivity contribution < 1.29 is 4.79 Å². The molecule has 1 N–H and O–H groups in total. The van der Waals surface area contributed by atoms with E-state index in [9.17, 15) is 4.79 Å². The van der Waals surface area contributed by atoms with Crippen LogP contribution in [0.15, 0.2) is 64.7 Å². The topological polar surface area (TPSA) is 46.9 Å². The van der Waals surface area contributed by atoms with Crippen molar-refractivity contribution in [3.63, 3.8) is 0 Å². The predicted molar refractivity (Wildman–Crippen MR) is 106 cm³/mol. The van der Waals surface area contributed by atoms with Gasteiger partial charge < -0.3 is 5.32 Å². The second-order valence-electron chi connectivity index (χ2n) is 6.76. The molecule has 2 aliphatic rings. The number of nitrogens with one attached hydrogen (secondary N) is 1. The summed E-state index contributed by atoms with van der Waals surface area (Å²) in [6, 6.07) is 16.6. The normalized spacial score (nSPS) is 19.3. The zero-order valence-electron chi connectivity index (χ0n) is 14.5. The van der Waals surface area contributed by atoms with Crippen molar-refractivity contribution in [1.29, 1.82) is 0 Å². The number of hydrogen-bond donors (Lipinski definition) is 1. The fourth-order valence-corrected chi connectivity index (χ4v) is 4.48. The van der Waals surface area contributed by atoms with Crippen molar-refractivity contribution in [2.24, 2.45) is 0 Å². The molecule has 0 saturated heterocycles. The Balaban J connectivity index is 1.77. The number of para-hydroxylation sites is 2. The van der Waals surface area contributed by atoms with Gasteiger partial charge in [-0.05, 0) is 48.9 Å². The van der Waals surface area contributed by atoms with Crippen molar-refractivity contribution in [3.8, 4) is 0 Å². The van der Waals surface area contributed by atoms with E-state index in [0.717, 1.165) is 46.7 Å². The van der Waals surface area contributed by atoms with Crippen molar-refractivity contribution in [1.82, 2.24) is 9.55 Å². The first-order chi connectivity index (χ1) is 12.8. The van der Waals surface area contributed by atoms with Crippen LogP contribution in [0.25, 0.3) is 11.0 Å². The van der Waals surface area contributed by atoms with E-state index in [1.165, 1.54) is 4.90 Å². The van der Waals surface area contributed by atoms with Crippen LogP contribution in [0, 0.1) is 0 Å². The number of imidazole rings is 1. The van der Waals surface area contributed by atoms with Crippen LogP contribution in [0.5, 0.6) is 0 Å². The molecule has 0 bridgehead atoms. The van der Waals surface area contributed by atoms with Crippen LogP contribution in [-0.2, 0) is 4.79 Å². The highest BCUT2D eigenvalue weighted by atomic mass is 32.2. The molecule has 3 aromatic rings. The highest BCUT2D eigenvalue weighted by Crippen LogP contribution is 2.42. The van der Waals surface area contributed by atoms with Crippen LogP contribution in [0.4, 0.5) is 5.95 Å². The lowest BCUT2D eigenvalue weighted by atomic mass is 9.85. The minimum absolute atomic E-state index is 0.114. The Morgan fingerprint density at radius 3 is 2.73 bits per heavy atom. The number of anilines is 1. The first-order valence-electron chi connectivity index (χ1n) is 8.90. The largest absolute Gasteiger partial charge is 0.329 e. The van der Waals surface area contributed by atoms with E-state index >= 15 is 0 Å². The number of ketones is 1. The molecule has 130 valence electrons. The van der Waals surface area contributed by atoms with Crippen molar-refractivity contribution in [2.45, 2.75) is 30.2 Å². The lowest BCUT2D eigenvalue weighted by Gasteiger charge is -2.34. The summed E-state index contributed by atoms with van der Waals surface area (Å²) in [7, 11) is 0. The highest BCUT2D eigenvalue weighted by molar-refractivity contribution is 7.98. The fourth-order valence-electron chi connectivity index (χ4n) is 4.07. The third kappa shape index (κ3) is 2.31. The van der Waals surface area contributed by atoms with E-state index in [1.807, 2.05) is 18.2 Å². The molecule has 1 aliphatic heterocycles. The third-order valence-electron chi connectivity index (χ3n) is 5.28. The van der Waals surface area contributed by atoms with Crippen LogP contribution < -0.4 is 5.32 Å². The molecule has 0 saturated carbocycles. The van der Waals surface area contributed by atoms with Crippen molar-refractivity contribution >= 4 is 34.5 Å². The number of benzene rings is 2. The zero-order valence-corrected chi connectivity index (χ0v) is 15.3. The minimum Gasteiger partial charge on any atom is -0.329 e. The van der Waals surface area contributed by atoms with Gasteiger partial charge in [0.1, 0.15) is 0 Å². The monoisotopic (exact) mass is 361 g/mol. The van der Waals surface area contributed by atoms with Gasteiger partial charge in [0, 0.05) is 22.6 Å². The standard InChI is InChI=1S/C21H19N3OS/c1-26-14-11-9-13(10-12-14)20-19-16(6-4-8-18(19)25)23-21-22-15-5-2-3-7-17(15)24(20)21/h2-3,5,7,9-12,20H,4,6,8H2,1H3,(H,22,23)/t20-/m1/s1. The number of nitrogens with zero attached hydrogens (tertiary/aromatic N) is 2. The van der Waals surface area contributed by atoms with Crippen LogP contribution in [0.2, 0.25) is 0 Å². The summed E-state index contributed by atoms with van der Waals surface area (Å²) >= 11 is 1.73. The van der Waals surface area contributed by atoms with Crippen LogP contribution in [-0.4, -0.2) is 21.6 Å². The molecule has 0 spiro atoms. The number of carbonyl (C=O) groups excluding carboxylic acids is 1. The molecule has 5 rings (SSSR count). The van der Waals surface area contributed by atoms with E-state index in [0.29, 0.717) is 6.42 Å². The van der Waals surface area contributed by atoms with Gasteiger partial charge in [-0.15, -0.1) is 11.8 Å². The van der Waals surface area contributed by atoms with E-state index in [-0.39, 0.29) is 11.8 Å². The zero-order chi connectivity index (χ0) is 17.7. The highest BCUT2D eigenvalue weighted by Gasteiger charge is 2.36. The molecule has 1 aliphatic carbocycles. The van der Waals surface area contributed by atoms with Gasteiger partial charge in [0.25, 0.3) is 0 Å². The summed E-state index contributed by atoms with van der Waals surface area (Å²) in [5.41, 5.74) is 5.09. The molecule has 1 atom stereocenters. The van der Waals surface area contributed by atoms with Gasteiger partial charge in [0.2, 0.25) is 5.95 Å². The Hall–Kier alpha value is -2.53. The summed E-state index contributed by atoms with van der Waals surface area (Å²) in [6.07, 6.45) is 4.51. The molecule has 2 heterocycles. The van der Waals surface area contributed by atoms with Gasteiger partial charge in [-0.3, -0.25) is 9.36 Å². The summed E-state index contributed by atoms with van der Waals surface area (Å²) in [4.78, 5) is 18.9. The van der Waals surface area contributed by atoms with Gasteiger partial charge in [-0.2, -0.15) is 0 Å². The minimum atomic E-state index is -0.114. The molecule has 5 heteroatoms. The molecular weight excluding hydrogens is 342 g/mol. The lowest BCUT2D eigenvalue weighted by molar-refractivity contribution is -0.116.